The van der Waals surface area contributed by atoms with Crippen molar-refractivity contribution in [2.75, 3.05) is 30.4 Å². The van der Waals surface area contributed by atoms with E-state index in [0.29, 0.717) is 6.42 Å². The zero-order valence-corrected chi connectivity index (χ0v) is 13.5. The maximum Gasteiger partial charge on any atom is 0.238 e. The summed E-state index contributed by atoms with van der Waals surface area (Å²) in [7, 11) is -1.12. The average Bonchev–Trinajstić information content (AvgIpc) is 2.73. The molecule has 2 rings (SSSR count). The molecule has 5 nitrogen and oxygen atoms in total. The fourth-order valence-electron chi connectivity index (χ4n) is 2.62. The van der Waals surface area contributed by atoms with E-state index >= 15 is 0 Å². The number of nitrogens with zero attached hydrogens (tertiary/aromatic N) is 1. The molecule has 1 saturated heterocycles. The molecule has 1 atom stereocenters. The van der Waals surface area contributed by atoms with Crippen LogP contribution in [0.3, 0.4) is 0 Å². The highest BCUT2D eigenvalue weighted by atomic mass is 32.2. The maximum atomic E-state index is 12.1. The number of sulfone groups is 1. The van der Waals surface area contributed by atoms with Gasteiger partial charge in [0.15, 0.2) is 9.84 Å². The van der Waals surface area contributed by atoms with Crippen molar-refractivity contribution < 1.29 is 13.2 Å². The number of likely N-dealkylation sites (N-methyl/N-ethyl adjacent to an activating group) is 1. The Morgan fingerprint density at radius 2 is 2.10 bits per heavy atom. The number of aryl methyl sites for hydroxylation is 2. The first kappa shape index (κ1) is 16.0. The van der Waals surface area contributed by atoms with Crippen LogP contribution in [-0.4, -0.2) is 50.4 Å². The third kappa shape index (κ3) is 4.28. The van der Waals surface area contributed by atoms with Gasteiger partial charge in [0.1, 0.15) is 0 Å². The Morgan fingerprint density at radius 1 is 1.38 bits per heavy atom. The number of anilines is 1. The molecule has 21 heavy (non-hydrogen) atoms. The monoisotopic (exact) mass is 310 g/mol. The normalized spacial score (nSPS) is 20.7. The van der Waals surface area contributed by atoms with E-state index in [9.17, 15) is 13.2 Å². The third-order valence-corrected chi connectivity index (χ3v) is 5.63. The van der Waals surface area contributed by atoms with Crippen LogP contribution in [0.1, 0.15) is 17.5 Å². The van der Waals surface area contributed by atoms with Crippen LogP contribution < -0.4 is 5.32 Å². The van der Waals surface area contributed by atoms with Crippen molar-refractivity contribution >= 4 is 21.4 Å². The lowest BCUT2D eigenvalue weighted by molar-refractivity contribution is -0.117. The van der Waals surface area contributed by atoms with E-state index in [4.69, 9.17) is 0 Å². The van der Waals surface area contributed by atoms with Crippen LogP contribution in [0.2, 0.25) is 0 Å². The van der Waals surface area contributed by atoms with E-state index in [1.54, 1.807) is 7.05 Å². The molecule has 1 aromatic carbocycles. The van der Waals surface area contributed by atoms with Crippen LogP contribution in [-0.2, 0) is 14.6 Å². The highest BCUT2D eigenvalue weighted by Gasteiger charge is 2.31. The standard InChI is InChI=1S/C15H22N2O3S/c1-11-4-5-14(12(2)8-11)16-15(18)9-17(3)13-6-7-21(19,20)10-13/h4-5,8,13H,6-7,9-10H2,1-3H3,(H,16,18). The highest BCUT2D eigenvalue weighted by Crippen LogP contribution is 2.18. The summed E-state index contributed by atoms with van der Waals surface area (Å²) in [6.07, 6.45) is 0.607. The molecular weight excluding hydrogens is 288 g/mol. The van der Waals surface area contributed by atoms with Crippen molar-refractivity contribution in [1.82, 2.24) is 4.90 Å². The summed E-state index contributed by atoms with van der Waals surface area (Å²) in [5.74, 6) is 0.259. The molecule has 1 amide bonds. The van der Waals surface area contributed by atoms with Crippen LogP contribution in [0, 0.1) is 13.8 Å². The second-order valence-corrected chi connectivity index (χ2v) is 8.07. The van der Waals surface area contributed by atoms with Crippen molar-refractivity contribution in [3.8, 4) is 0 Å². The number of benzene rings is 1. The van der Waals surface area contributed by atoms with Crippen molar-refractivity contribution in [1.29, 1.82) is 0 Å². The Labute approximate surface area is 126 Å². The molecule has 1 N–H and O–H groups in total. The molecule has 1 aromatic rings. The highest BCUT2D eigenvalue weighted by molar-refractivity contribution is 7.91. The predicted molar refractivity (Wildman–Crippen MR) is 84.2 cm³/mol. The first-order valence-corrected chi connectivity index (χ1v) is 8.87. The van der Waals surface area contributed by atoms with Gasteiger partial charge in [0, 0.05) is 11.7 Å². The minimum absolute atomic E-state index is 0.0557. The van der Waals surface area contributed by atoms with E-state index in [2.05, 4.69) is 5.32 Å². The first-order chi connectivity index (χ1) is 9.77. The lowest BCUT2D eigenvalue weighted by Crippen LogP contribution is -2.38. The number of nitrogens with one attached hydrogen (secondary N) is 1. The average molecular weight is 310 g/mol. The van der Waals surface area contributed by atoms with Crippen LogP contribution in [0.5, 0.6) is 0 Å². The van der Waals surface area contributed by atoms with E-state index < -0.39 is 9.84 Å². The molecule has 1 heterocycles. The van der Waals surface area contributed by atoms with Crippen molar-refractivity contribution in [2.24, 2.45) is 0 Å². The minimum atomic E-state index is -2.92. The van der Waals surface area contributed by atoms with Gasteiger partial charge in [-0.15, -0.1) is 0 Å². The molecule has 0 spiro atoms. The second kappa shape index (κ2) is 6.15. The molecular formula is C15H22N2O3S. The summed E-state index contributed by atoms with van der Waals surface area (Å²) in [6, 6.07) is 5.81. The molecule has 1 fully saturated rings. The van der Waals surface area contributed by atoms with E-state index in [0.717, 1.165) is 16.8 Å². The van der Waals surface area contributed by atoms with Gasteiger partial charge >= 0.3 is 0 Å². The van der Waals surface area contributed by atoms with E-state index in [1.165, 1.54) is 0 Å². The topological polar surface area (TPSA) is 66.5 Å². The van der Waals surface area contributed by atoms with Gasteiger partial charge in [-0.3, -0.25) is 9.69 Å². The summed E-state index contributed by atoms with van der Waals surface area (Å²) < 4.78 is 22.9. The summed E-state index contributed by atoms with van der Waals surface area (Å²) in [4.78, 5) is 13.9. The second-order valence-electron chi connectivity index (χ2n) is 5.84. The molecule has 0 bridgehead atoms. The minimum Gasteiger partial charge on any atom is -0.325 e. The van der Waals surface area contributed by atoms with Gasteiger partial charge in [0.05, 0.1) is 18.1 Å². The van der Waals surface area contributed by atoms with E-state index in [1.807, 2.05) is 36.9 Å². The van der Waals surface area contributed by atoms with E-state index in [-0.39, 0.29) is 30.0 Å². The molecule has 1 aliphatic heterocycles. The Kier molecular flexibility index (Phi) is 4.68. The lowest BCUT2D eigenvalue weighted by atomic mass is 10.1. The number of carbonyl (C=O) groups is 1. The van der Waals surface area contributed by atoms with Crippen molar-refractivity contribution in [3.05, 3.63) is 29.3 Å². The SMILES string of the molecule is Cc1ccc(NC(=O)CN(C)C2CCS(=O)(=O)C2)c(C)c1. The molecule has 1 aliphatic rings. The van der Waals surface area contributed by atoms with Gasteiger partial charge in [-0.1, -0.05) is 17.7 Å². The van der Waals surface area contributed by atoms with Gasteiger partial charge < -0.3 is 5.32 Å². The number of rotatable bonds is 4. The summed E-state index contributed by atoms with van der Waals surface area (Å²) in [6.45, 7) is 4.16. The Morgan fingerprint density at radius 3 is 2.67 bits per heavy atom. The summed E-state index contributed by atoms with van der Waals surface area (Å²) in [5.41, 5.74) is 2.98. The zero-order valence-electron chi connectivity index (χ0n) is 12.7. The Balaban J connectivity index is 1.92. The molecule has 0 aliphatic carbocycles. The number of carbonyl (C=O) groups excluding carboxylic acids is 1. The van der Waals surface area contributed by atoms with Crippen molar-refractivity contribution in [2.45, 2.75) is 26.3 Å². The molecule has 0 saturated carbocycles. The van der Waals surface area contributed by atoms with Crippen LogP contribution in [0.4, 0.5) is 5.69 Å². The van der Waals surface area contributed by atoms with Gasteiger partial charge in [-0.25, -0.2) is 8.42 Å². The van der Waals surface area contributed by atoms with Crippen LogP contribution in [0.15, 0.2) is 18.2 Å². The summed E-state index contributed by atoms with van der Waals surface area (Å²) >= 11 is 0. The van der Waals surface area contributed by atoms with Gasteiger partial charge in [-0.2, -0.15) is 0 Å². The smallest absolute Gasteiger partial charge is 0.238 e. The first-order valence-electron chi connectivity index (χ1n) is 7.04. The Bertz CT molecular complexity index is 640. The quantitative estimate of drug-likeness (QED) is 0.912. The Hall–Kier alpha value is -1.40. The summed E-state index contributed by atoms with van der Waals surface area (Å²) in [5, 5.41) is 2.88. The zero-order chi connectivity index (χ0) is 15.6. The van der Waals surface area contributed by atoms with Crippen molar-refractivity contribution in [3.63, 3.8) is 0 Å². The molecule has 1 unspecified atom stereocenters. The van der Waals surface area contributed by atoms with Gasteiger partial charge in [0.25, 0.3) is 0 Å². The molecule has 116 valence electrons. The number of hydrogen-bond acceptors (Lipinski definition) is 4. The number of hydrogen-bond donors (Lipinski definition) is 1. The predicted octanol–water partition coefficient (Wildman–Crippen LogP) is 1.36. The molecule has 6 heteroatoms. The molecule has 0 radical (unpaired) electrons. The van der Waals surface area contributed by atoms with Gasteiger partial charge in [0.2, 0.25) is 5.91 Å². The maximum absolute atomic E-state index is 12.1. The van der Waals surface area contributed by atoms with Crippen LogP contribution >= 0.6 is 0 Å². The lowest BCUT2D eigenvalue weighted by Gasteiger charge is -2.22. The fraction of sp³-hybridized carbons (Fsp3) is 0.533. The fourth-order valence-corrected chi connectivity index (χ4v) is 4.43. The van der Waals surface area contributed by atoms with Gasteiger partial charge in [-0.05, 0) is 38.9 Å². The number of amides is 1. The van der Waals surface area contributed by atoms with Crippen LogP contribution in [0.25, 0.3) is 0 Å². The third-order valence-electron chi connectivity index (χ3n) is 3.88. The molecule has 0 aromatic heterocycles. The largest absolute Gasteiger partial charge is 0.325 e.